The SMILES string of the molecule is CC(=O)N1CCN(C(=O)c2ccc(N(C)C)cc2)[C@H](C(=O)N[C@H]2CCCNC2=O)C1. The van der Waals surface area contributed by atoms with Crippen LogP contribution in [-0.2, 0) is 14.4 Å². The zero-order chi connectivity index (χ0) is 21.8. The second-order valence-corrected chi connectivity index (χ2v) is 7.92. The Morgan fingerprint density at radius 2 is 1.83 bits per heavy atom. The van der Waals surface area contributed by atoms with Crippen LogP contribution in [0.25, 0.3) is 0 Å². The van der Waals surface area contributed by atoms with Crippen molar-refractivity contribution in [3.05, 3.63) is 29.8 Å². The minimum absolute atomic E-state index is 0.108. The Balaban J connectivity index is 1.79. The molecule has 9 nitrogen and oxygen atoms in total. The van der Waals surface area contributed by atoms with Crippen molar-refractivity contribution in [3.8, 4) is 0 Å². The Morgan fingerprint density at radius 1 is 1.13 bits per heavy atom. The highest BCUT2D eigenvalue weighted by atomic mass is 16.2. The summed E-state index contributed by atoms with van der Waals surface area (Å²) in [7, 11) is 3.83. The Kier molecular flexibility index (Phi) is 6.59. The monoisotopic (exact) mass is 415 g/mol. The van der Waals surface area contributed by atoms with Crippen LogP contribution in [-0.4, -0.2) is 85.8 Å². The van der Waals surface area contributed by atoms with Gasteiger partial charge < -0.3 is 25.3 Å². The van der Waals surface area contributed by atoms with Crippen molar-refractivity contribution in [2.75, 3.05) is 45.2 Å². The summed E-state index contributed by atoms with van der Waals surface area (Å²) in [5.74, 6) is -1.05. The van der Waals surface area contributed by atoms with Crippen molar-refractivity contribution in [2.45, 2.75) is 31.8 Å². The largest absolute Gasteiger partial charge is 0.378 e. The summed E-state index contributed by atoms with van der Waals surface area (Å²) < 4.78 is 0. The minimum atomic E-state index is -0.849. The van der Waals surface area contributed by atoms with Gasteiger partial charge in [-0.3, -0.25) is 19.2 Å². The summed E-state index contributed by atoms with van der Waals surface area (Å²) in [5, 5.41) is 5.51. The normalized spacial score (nSPS) is 21.6. The standard InChI is InChI=1S/C21H29N5O4/c1-14(27)25-11-12-26(21(30)15-6-8-16(9-7-15)24(2)3)18(13-25)20(29)23-17-5-4-10-22-19(17)28/h6-9,17-18H,4-5,10-13H2,1-3H3,(H,22,28)(H,23,29)/t17-,18-/m0/s1. The van der Waals surface area contributed by atoms with Crippen molar-refractivity contribution in [1.82, 2.24) is 20.4 Å². The number of amides is 4. The molecule has 2 heterocycles. The first-order valence-electron chi connectivity index (χ1n) is 10.2. The fourth-order valence-corrected chi connectivity index (χ4v) is 3.78. The van der Waals surface area contributed by atoms with Gasteiger partial charge in [0.2, 0.25) is 17.7 Å². The van der Waals surface area contributed by atoms with Gasteiger partial charge in [-0.2, -0.15) is 0 Å². The lowest BCUT2D eigenvalue weighted by atomic mass is 10.0. The molecule has 0 unspecified atom stereocenters. The van der Waals surface area contributed by atoms with Crippen molar-refractivity contribution >= 4 is 29.3 Å². The summed E-state index contributed by atoms with van der Waals surface area (Å²) in [6, 6.07) is 5.70. The predicted octanol–water partition coefficient (Wildman–Crippen LogP) is -0.180. The van der Waals surface area contributed by atoms with E-state index >= 15 is 0 Å². The number of anilines is 1. The van der Waals surface area contributed by atoms with E-state index in [1.54, 1.807) is 17.0 Å². The summed E-state index contributed by atoms with van der Waals surface area (Å²) in [6.07, 6.45) is 1.34. The molecular formula is C21H29N5O4. The van der Waals surface area contributed by atoms with Crippen LogP contribution in [0.15, 0.2) is 24.3 Å². The molecule has 2 saturated heterocycles. The number of benzene rings is 1. The average Bonchev–Trinajstić information content (AvgIpc) is 2.74. The molecule has 2 aliphatic heterocycles. The fraction of sp³-hybridized carbons (Fsp3) is 0.524. The number of hydrogen-bond donors (Lipinski definition) is 2. The van der Waals surface area contributed by atoms with Crippen molar-refractivity contribution < 1.29 is 19.2 Å². The van der Waals surface area contributed by atoms with Gasteiger partial charge in [-0.05, 0) is 37.1 Å². The van der Waals surface area contributed by atoms with Crippen LogP contribution >= 0.6 is 0 Å². The number of nitrogens with zero attached hydrogens (tertiary/aromatic N) is 3. The number of nitrogens with one attached hydrogen (secondary N) is 2. The van der Waals surface area contributed by atoms with Crippen LogP contribution in [0, 0.1) is 0 Å². The molecule has 2 atom stereocenters. The zero-order valence-corrected chi connectivity index (χ0v) is 17.7. The first-order valence-corrected chi connectivity index (χ1v) is 10.2. The highest BCUT2D eigenvalue weighted by molar-refractivity contribution is 5.99. The van der Waals surface area contributed by atoms with E-state index in [9.17, 15) is 19.2 Å². The topological polar surface area (TPSA) is 102 Å². The van der Waals surface area contributed by atoms with E-state index in [-0.39, 0.29) is 30.8 Å². The Morgan fingerprint density at radius 3 is 2.43 bits per heavy atom. The maximum Gasteiger partial charge on any atom is 0.254 e. The molecule has 1 aromatic carbocycles. The van der Waals surface area contributed by atoms with Crippen LogP contribution < -0.4 is 15.5 Å². The zero-order valence-electron chi connectivity index (χ0n) is 17.7. The van der Waals surface area contributed by atoms with E-state index in [0.717, 1.165) is 12.1 Å². The maximum atomic E-state index is 13.2. The lowest BCUT2D eigenvalue weighted by Gasteiger charge is -2.40. The van der Waals surface area contributed by atoms with Gasteiger partial charge in [0.05, 0.1) is 6.54 Å². The second kappa shape index (κ2) is 9.15. The molecule has 30 heavy (non-hydrogen) atoms. The van der Waals surface area contributed by atoms with E-state index in [1.807, 2.05) is 31.1 Å². The van der Waals surface area contributed by atoms with Gasteiger partial charge in [-0.25, -0.2) is 0 Å². The van der Waals surface area contributed by atoms with Gasteiger partial charge in [0, 0.05) is 51.9 Å². The smallest absolute Gasteiger partial charge is 0.254 e. The third-order valence-electron chi connectivity index (χ3n) is 5.62. The molecule has 0 saturated carbocycles. The van der Waals surface area contributed by atoms with E-state index in [1.165, 1.54) is 11.8 Å². The number of hydrogen-bond acceptors (Lipinski definition) is 5. The van der Waals surface area contributed by atoms with E-state index < -0.39 is 18.0 Å². The second-order valence-electron chi connectivity index (χ2n) is 7.92. The molecule has 0 aromatic heterocycles. The molecule has 3 rings (SSSR count). The number of piperidine rings is 1. The minimum Gasteiger partial charge on any atom is -0.378 e. The molecule has 0 radical (unpaired) electrons. The van der Waals surface area contributed by atoms with Crippen LogP contribution in [0.2, 0.25) is 0 Å². The summed E-state index contributed by atoms with van der Waals surface area (Å²) in [6.45, 7) is 2.77. The maximum absolute atomic E-state index is 13.2. The highest BCUT2D eigenvalue weighted by Gasteiger charge is 2.38. The van der Waals surface area contributed by atoms with Crippen molar-refractivity contribution in [2.24, 2.45) is 0 Å². The van der Waals surface area contributed by atoms with E-state index in [4.69, 9.17) is 0 Å². The number of piperazine rings is 1. The van der Waals surface area contributed by atoms with Gasteiger partial charge in [0.1, 0.15) is 12.1 Å². The summed E-state index contributed by atoms with van der Waals surface area (Å²) in [4.78, 5) is 55.1. The molecule has 1 aromatic rings. The van der Waals surface area contributed by atoms with Gasteiger partial charge >= 0.3 is 0 Å². The lowest BCUT2D eigenvalue weighted by Crippen LogP contribution is -2.63. The number of carbonyl (C=O) groups is 4. The quantitative estimate of drug-likeness (QED) is 0.710. The lowest BCUT2D eigenvalue weighted by molar-refractivity contribution is -0.137. The van der Waals surface area contributed by atoms with Crippen LogP contribution in [0.3, 0.4) is 0 Å². The molecule has 162 valence electrons. The van der Waals surface area contributed by atoms with Gasteiger partial charge in [0.15, 0.2) is 0 Å². The van der Waals surface area contributed by atoms with Crippen LogP contribution in [0.4, 0.5) is 5.69 Å². The predicted molar refractivity (Wildman–Crippen MR) is 112 cm³/mol. The molecule has 2 N–H and O–H groups in total. The fourth-order valence-electron chi connectivity index (χ4n) is 3.78. The van der Waals surface area contributed by atoms with Crippen molar-refractivity contribution in [1.29, 1.82) is 0 Å². The molecule has 2 fully saturated rings. The molecule has 2 aliphatic rings. The van der Waals surface area contributed by atoms with Crippen molar-refractivity contribution in [3.63, 3.8) is 0 Å². The first kappa shape index (κ1) is 21.6. The highest BCUT2D eigenvalue weighted by Crippen LogP contribution is 2.18. The van der Waals surface area contributed by atoms with Crippen LogP contribution in [0.5, 0.6) is 0 Å². The van der Waals surface area contributed by atoms with Gasteiger partial charge in [-0.1, -0.05) is 0 Å². The summed E-state index contributed by atoms with van der Waals surface area (Å²) >= 11 is 0. The van der Waals surface area contributed by atoms with Gasteiger partial charge in [-0.15, -0.1) is 0 Å². The summed E-state index contributed by atoms with van der Waals surface area (Å²) in [5.41, 5.74) is 1.44. The van der Waals surface area contributed by atoms with Crippen LogP contribution in [0.1, 0.15) is 30.1 Å². The van der Waals surface area contributed by atoms with E-state index in [0.29, 0.717) is 25.1 Å². The molecule has 0 bridgehead atoms. The first-order chi connectivity index (χ1) is 14.3. The molecule has 0 aliphatic carbocycles. The Bertz CT molecular complexity index is 823. The number of rotatable bonds is 4. The Labute approximate surface area is 176 Å². The molecular weight excluding hydrogens is 386 g/mol. The third-order valence-corrected chi connectivity index (χ3v) is 5.62. The van der Waals surface area contributed by atoms with E-state index in [2.05, 4.69) is 10.6 Å². The molecule has 9 heteroatoms. The van der Waals surface area contributed by atoms with Gasteiger partial charge in [0.25, 0.3) is 5.91 Å². The molecule has 0 spiro atoms. The number of carbonyl (C=O) groups excluding carboxylic acids is 4. The molecule has 4 amide bonds. The third kappa shape index (κ3) is 4.72. The Hall–Kier alpha value is -3.10. The average molecular weight is 415 g/mol.